The summed E-state index contributed by atoms with van der Waals surface area (Å²) in [5, 5.41) is 5.43. The second kappa shape index (κ2) is 8.22. The number of carbonyl (C=O) groups is 2. The summed E-state index contributed by atoms with van der Waals surface area (Å²) in [5.41, 5.74) is 1.56. The molecule has 0 radical (unpaired) electrons. The van der Waals surface area contributed by atoms with Crippen molar-refractivity contribution in [2.75, 3.05) is 11.1 Å². The van der Waals surface area contributed by atoms with E-state index in [2.05, 4.69) is 26.6 Å². The van der Waals surface area contributed by atoms with E-state index in [1.165, 1.54) is 0 Å². The first-order chi connectivity index (χ1) is 12.8. The van der Waals surface area contributed by atoms with E-state index in [0.29, 0.717) is 16.8 Å². The predicted molar refractivity (Wildman–Crippen MR) is 107 cm³/mol. The highest BCUT2D eigenvalue weighted by molar-refractivity contribution is 9.10. The van der Waals surface area contributed by atoms with Crippen LogP contribution in [0.2, 0.25) is 0 Å². The van der Waals surface area contributed by atoms with Gasteiger partial charge in [-0.3, -0.25) is 9.59 Å². The molecule has 0 bridgehead atoms. The van der Waals surface area contributed by atoms with Crippen LogP contribution in [0.15, 0.2) is 53.0 Å². The van der Waals surface area contributed by atoms with Gasteiger partial charge in [0.1, 0.15) is 5.75 Å². The Morgan fingerprint density at radius 2 is 1.78 bits per heavy atom. The Balaban J connectivity index is 1.55. The third kappa shape index (κ3) is 6.18. The summed E-state index contributed by atoms with van der Waals surface area (Å²) in [4.78, 5) is 24.0. The van der Waals surface area contributed by atoms with Crippen LogP contribution in [0.4, 0.5) is 5.69 Å². The predicted octanol–water partition coefficient (Wildman–Crippen LogP) is 2.89. The van der Waals surface area contributed by atoms with Crippen molar-refractivity contribution in [3.05, 3.63) is 64.1 Å². The molecule has 2 aromatic carbocycles. The van der Waals surface area contributed by atoms with Gasteiger partial charge >= 0.3 is 0 Å². The average Bonchev–Trinajstić information content (AvgIpc) is 3.38. The van der Waals surface area contributed by atoms with Crippen molar-refractivity contribution >= 4 is 43.3 Å². The van der Waals surface area contributed by atoms with Crippen molar-refractivity contribution in [2.45, 2.75) is 24.6 Å². The number of hydrogen-bond acceptors (Lipinski definition) is 4. The van der Waals surface area contributed by atoms with Gasteiger partial charge < -0.3 is 10.6 Å². The highest BCUT2D eigenvalue weighted by Gasteiger charge is 2.23. The van der Waals surface area contributed by atoms with Gasteiger partial charge in [0, 0.05) is 21.8 Å². The molecule has 2 aromatic rings. The Morgan fingerprint density at radius 3 is 2.41 bits per heavy atom. The second-order valence-corrected chi connectivity index (χ2v) is 9.52. The van der Waals surface area contributed by atoms with E-state index in [9.17, 15) is 18.0 Å². The molecule has 1 saturated carbocycles. The third-order valence-electron chi connectivity index (χ3n) is 3.97. The Labute approximate surface area is 166 Å². The lowest BCUT2D eigenvalue weighted by molar-refractivity contribution is -0.113. The lowest BCUT2D eigenvalue weighted by Gasteiger charge is -2.08. The maximum atomic E-state index is 12.2. The first-order valence-electron chi connectivity index (χ1n) is 8.46. The van der Waals surface area contributed by atoms with Crippen molar-refractivity contribution < 1.29 is 18.0 Å². The van der Waals surface area contributed by atoms with Gasteiger partial charge in [-0.15, -0.1) is 0 Å². The highest BCUT2D eigenvalue weighted by Crippen LogP contribution is 2.20. The maximum absolute atomic E-state index is 12.2. The fourth-order valence-corrected chi connectivity index (χ4v) is 4.24. The highest BCUT2D eigenvalue weighted by atomic mass is 79.9. The molecule has 0 heterocycles. The Kier molecular flexibility index (Phi) is 5.96. The molecular weight excluding hydrogens is 432 g/mol. The van der Waals surface area contributed by atoms with Gasteiger partial charge in [0.25, 0.3) is 5.91 Å². The standard InChI is InChI=1S/C19H19BrN2O4S/c20-15-3-1-2-13(10-15)11-27(25,26)12-18(23)21-16-6-4-14(5-7-16)19(24)22-17-8-9-17/h1-7,10,17H,8-9,11-12H2,(H,21,23)(H,22,24). The number of hydrogen-bond donors (Lipinski definition) is 2. The zero-order chi connectivity index (χ0) is 19.4. The van der Waals surface area contributed by atoms with E-state index in [1.54, 1.807) is 48.5 Å². The number of sulfone groups is 1. The number of halogens is 1. The fourth-order valence-electron chi connectivity index (χ4n) is 2.53. The van der Waals surface area contributed by atoms with Crippen LogP contribution < -0.4 is 10.6 Å². The average molecular weight is 451 g/mol. The maximum Gasteiger partial charge on any atom is 0.251 e. The minimum Gasteiger partial charge on any atom is -0.349 e. The van der Waals surface area contributed by atoms with E-state index < -0.39 is 21.5 Å². The molecule has 1 aliphatic carbocycles. The van der Waals surface area contributed by atoms with Gasteiger partial charge in [-0.2, -0.15) is 0 Å². The normalized spacial score (nSPS) is 13.8. The van der Waals surface area contributed by atoms with Gasteiger partial charge in [0.15, 0.2) is 9.84 Å². The molecule has 0 saturated heterocycles. The van der Waals surface area contributed by atoms with Gasteiger partial charge in [0.2, 0.25) is 5.91 Å². The summed E-state index contributed by atoms with van der Waals surface area (Å²) in [5.74, 6) is -1.57. The second-order valence-electron chi connectivity index (χ2n) is 6.54. The molecule has 8 heteroatoms. The molecule has 27 heavy (non-hydrogen) atoms. The summed E-state index contributed by atoms with van der Waals surface area (Å²) in [7, 11) is -3.60. The van der Waals surface area contributed by atoms with Gasteiger partial charge in [-0.05, 0) is 54.8 Å². The molecule has 1 aliphatic rings. The SMILES string of the molecule is O=C(CS(=O)(=O)Cc1cccc(Br)c1)Nc1ccc(C(=O)NC2CC2)cc1. The smallest absolute Gasteiger partial charge is 0.251 e. The first kappa shape index (κ1) is 19.6. The largest absolute Gasteiger partial charge is 0.349 e. The van der Waals surface area contributed by atoms with Gasteiger partial charge in [0.05, 0.1) is 5.75 Å². The summed E-state index contributed by atoms with van der Waals surface area (Å²) in [6, 6.07) is 13.6. The number of anilines is 1. The summed E-state index contributed by atoms with van der Waals surface area (Å²) in [6.07, 6.45) is 2.02. The number of carbonyl (C=O) groups excluding carboxylic acids is 2. The molecule has 0 unspecified atom stereocenters. The van der Waals surface area contributed by atoms with Gasteiger partial charge in [-0.1, -0.05) is 28.1 Å². The van der Waals surface area contributed by atoms with Crippen LogP contribution >= 0.6 is 15.9 Å². The lowest BCUT2D eigenvalue weighted by Crippen LogP contribution is -2.25. The first-order valence-corrected chi connectivity index (χ1v) is 11.1. The van der Waals surface area contributed by atoms with Crippen molar-refractivity contribution in [3.8, 4) is 0 Å². The quantitative estimate of drug-likeness (QED) is 0.677. The van der Waals surface area contributed by atoms with Crippen LogP contribution in [0, 0.1) is 0 Å². The van der Waals surface area contributed by atoms with Crippen LogP contribution in [0.3, 0.4) is 0 Å². The van der Waals surface area contributed by atoms with E-state index in [1.807, 2.05) is 0 Å². The van der Waals surface area contributed by atoms with Crippen molar-refractivity contribution in [1.29, 1.82) is 0 Å². The zero-order valence-corrected chi connectivity index (χ0v) is 16.8. The Bertz CT molecular complexity index is 954. The van der Waals surface area contributed by atoms with E-state index in [0.717, 1.165) is 17.3 Å². The molecule has 0 atom stereocenters. The summed E-state index contributed by atoms with van der Waals surface area (Å²) >= 11 is 3.29. The lowest BCUT2D eigenvalue weighted by atomic mass is 10.2. The van der Waals surface area contributed by atoms with Crippen LogP contribution in [0.1, 0.15) is 28.8 Å². The molecule has 3 rings (SSSR count). The minimum atomic E-state index is -3.60. The van der Waals surface area contributed by atoms with Crippen LogP contribution in [-0.4, -0.2) is 32.0 Å². The zero-order valence-electron chi connectivity index (χ0n) is 14.4. The molecule has 0 aliphatic heterocycles. The van der Waals surface area contributed by atoms with Crippen molar-refractivity contribution in [3.63, 3.8) is 0 Å². The minimum absolute atomic E-state index is 0.146. The number of nitrogens with one attached hydrogen (secondary N) is 2. The summed E-state index contributed by atoms with van der Waals surface area (Å²) in [6.45, 7) is 0. The number of rotatable bonds is 7. The monoisotopic (exact) mass is 450 g/mol. The van der Waals surface area contributed by atoms with Crippen molar-refractivity contribution in [1.82, 2.24) is 5.32 Å². The Hall–Kier alpha value is -2.19. The molecule has 2 N–H and O–H groups in total. The third-order valence-corrected chi connectivity index (χ3v) is 5.94. The fraction of sp³-hybridized carbons (Fsp3) is 0.263. The van der Waals surface area contributed by atoms with Crippen LogP contribution in [0.5, 0.6) is 0 Å². The number of benzene rings is 2. The molecule has 6 nitrogen and oxygen atoms in total. The van der Waals surface area contributed by atoms with E-state index in [4.69, 9.17) is 0 Å². The topological polar surface area (TPSA) is 92.3 Å². The van der Waals surface area contributed by atoms with E-state index >= 15 is 0 Å². The Morgan fingerprint density at radius 1 is 1.07 bits per heavy atom. The molecule has 2 amide bonds. The summed E-state index contributed by atoms with van der Waals surface area (Å²) < 4.78 is 25.3. The molecule has 0 spiro atoms. The van der Waals surface area contributed by atoms with Gasteiger partial charge in [-0.25, -0.2) is 8.42 Å². The molecular formula is C19H19BrN2O4S. The molecule has 142 valence electrons. The van der Waals surface area contributed by atoms with Crippen molar-refractivity contribution in [2.24, 2.45) is 0 Å². The molecule has 0 aromatic heterocycles. The van der Waals surface area contributed by atoms with Crippen LogP contribution in [0.25, 0.3) is 0 Å². The molecule has 1 fully saturated rings. The number of amides is 2. The van der Waals surface area contributed by atoms with E-state index in [-0.39, 0.29) is 17.7 Å². The van der Waals surface area contributed by atoms with Crippen LogP contribution in [-0.2, 0) is 20.4 Å².